The largest absolute Gasteiger partial charge is 0.367 e. The lowest BCUT2D eigenvalue weighted by Crippen LogP contribution is -2.23. The number of nitrogens with zero attached hydrogens (tertiary/aromatic N) is 2. The summed E-state index contributed by atoms with van der Waals surface area (Å²) in [6, 6.07) is 9.28. The lowest BCUT2D eigenvalue weighted by atomic mass is 10.1. The molecule has 0 spiro atoms. The molecule has 0 unspecified atom stereocenters. The molecular formula is C14H15N3O2. The number of amides is 1. The van der Waals surface area contributed by atoms with Crippen LogP contribution in [-0.4, -0.2) is 23.0 Å². The van der Waals surface area contributed by atoms with E-state index >= 15 is 0 Å². The molecule has 0 aliphatic heterocycles. The van der Waals surface area contributed by atoms with Crippen LogP contribution in [0.5, 0.6) is 0 Å². The van der Waals surface area contributed by atoms with Crippen molar-refractivity contribution in [1.29, 1.82) is 0 Å². The van der Waals surface area contributed by atoms with Crippen LogP contribution in [0.4, 0.5) is 5.95 Å². The van der Waals surface area contributed by atoms with E-state index in [1.807, 2.05) is 37.3 Å². The van der Waals surface area contributed by atoms with Crippen LogP contribution in [0.1, 0.15) is 17.2 Å². The SMILES string of the molecule is CO[C@@H](C(=O)Nc1ncc(C)cn1)c1ccccc1. The maximum absolute atomic E-state index is 12.1. The second-order valence-electron chi connectivity index (χ2n) is 4.10. The van der Waals surface area contributed by atoms with Gasteiger partial charge in [0.1, 0.15) is 0 Å². The fraction of sp³-hybridized carbons (Fsp3) is 0.214. The topological polar surface area (TPSA) is 64.1 Å². The van der Waals surface area contributed by atoms with Gasteiger partial charge in [-0.1, -0.05) is 30.3 Å². The molecule has 0 saturated heterocycles. The first kappa shape index (κ1) is 13.2. The molecule has 19 heavy (non-hydrogen) atoms. The lowest BCUT2D eigenvalue weighted by molar-refractivity contribution is -0.126. The summed E-state index contributed by atoms with van der Waals surface area (Å²) in [5.41, 5.74) is 1.72. The van der Waals surface area contributed by atoms with Crippen LogP contribution >= 0.6 is 0 Å². The number of anilines is 1. The minimum Gasteiger partial charge on any atom is -0.367 e. The standard InChI is InChI=1S/C14H15N3O2/c1-10-8-15-14(16-9-10)17-13(18)12(19-2)11-6-4-3-5-7-11/h3-9,12H,1-2H3,(H,15,16,17,18)/t12-/m1/s1. The summed E-state index contributed by atoms with van der Waals surface area (Å²) in [7, 11) is 1.49. The fourth-order valence-corrected chi connectivity index (χ4v) is 1.66. The van der Waals surface area contributed by atoms with Crippen LogP contribution in [0.25, 0.3) is 0 Å². The number of carbonyl (C=O) groups excluding carboxylic acids is 1. The zero-order chi connectivity index (χ0) is 13.7. The number of hydrogen-bond acceptors (Lipinski definition) is 4. The first-order valence-electron chi connectivity index (χ1n) is 5.88. The van der Waals surface area contributed by atoms with Crippen molar-refractivity contribution in [2.24, 2.45) is 0 Å². The van der Waals surface area contributed by atoms with E-state index in [1.54, 1.807) is 12.4 Å². The van der Waals surface area contributed by atoms with Crippen LogP contribution < -0.4 is 5.32 Å². The molecular weight excluding hydrogens is 242 g/mol. The zero-order valence-electron chi connectivity index (χ0n) is 10.8. The third-order valence-corrected chi connectivity index (χ3v) is 2.59. The molecule has 2 rings (SSSR count). The van der Waals surface area contributed by atoms with E-state index in [9.17, 15) is 4.79 Å². The fourth-order valence-electron chi connectivity index (χ4n) is 1.66. The molecule has 98 valence electrons. The maximum Gasteiger partial charge on any atom is 0.260 e. The van der Waals surface area contributed by atoms with Crippen LogP contribution in [0.3, 0.4) is 0 Å². The number of rotatable bonds is 4. The quantitative estimate of drug-likeness (QED) is 0.911. The minimum atomic E-state index is -0.675. The van der Waals surface area contributed by atoms with Crippen molar-refractivity contribution in [2.45, 2.75) is 13.0 Å². The van der Waals surface area contributed by atoms with Gasteiger partial charge in [0.2, 0.25) is 5.95 Å². The molecule has 0 aliphatic carbocycles. The van der Waals surface area contributed by atoms with Gasteiger partial charge in [-0.25, -0.2) is 9.97 Å². The average molecular weight is 257 g/mol. The van der Waals surface area contributed by atoms with Crippen molar-refractivity contribution in [2.75, 3.05) is 12.4 Å². The van der Waals surface area contributed by atoms with Gasteiger partial charge in [-0.05, 0) is 18.1 Å². The Morgan fingerprint density at radius 1 is 1.21 bits per heavy atom. The number of hydrogen-bond donors (Lipinski definition) is 1. The van der Waals surface area contributed by atoms with Crippen molar-refractivity contribution in [3.63, 3.8) is 0 Å². The third kappa shape index (κ3) is 3.35. The second kappa shape index (κ2) is 6.06. The average Bonchev–Trinajstić information content (AvgIpc) is 2.43. The van der Waals surface area contributed by atoms with E-state index in [2.05, 4.69) is 15.3 Å². The van der Waals surface area contributed by atoms with Gasteiger partial charge >= 0.3 is 0 Å². The van der Waals surface area contributed by atoms with Crippen molar-refractivity contribution >= 4 is 11.9 Å². The van der Waals surface area contributed by atoms with Gasteiger partial charge in [0.05, 0.1) is 0 Å². The Morgan fingerprint density at radius 3 is 2.42 bits per heavy atom. The summed E-state index contributed by atoms with van der Waals surface area (Å²) in [6.07, 6.45) is 2.62. The number of nitrogens with one attached hydrogen (secondary N) is 1. The highest BCUT2D eigenvalue weighted by Crippen LogP contribution is 2.17. The van der Waals surface area contributed by atoms with Gasteiger partial charge in [-0.15, -0.1) is 0 Å². The summed E-state index contributed by atoms with van der Waals surface area (Å²) >= 11 is 0. The van der Waals surface area contributed by atoms with Gasteiger partial charge in [0.25, 0.3) is 5.91 Å². The van der Waals surface area contributed by atoms with E-state index in [1.165, 1.54) is 7.11 Å². The Bertz CT molecular complexity index is 540. The van der Waals surface area contributed by atoms with Crippen LogP contribution in [0.15, 0.2) is 42.7 Å². The molecule has 1 aromatic carbocycles. The molecule has 0 bridgehead atoms. The maximum atomic E-state index is 12.1. The molecule has 5 heteroatoms. The lowest BCUT2D eigenvalue weighted by Gasteiger charge is -2.14. The molecule has 2 aromatic rings. The molecule has 1 aromatic heterocycles. The highest BCUT2D eigenvalue weighted by molar-refractivity contribution is 5.93. The Kier molecular flexibility index (Phi) is 4.20. The van der Waals surface area contributed by atoms with Gasteiger partial charge in [-0.2, -0.15) is 0 Å². The van der Waals surface area contributed by atoms with Crippen LogP contribution in [0.2, 0.25) is 0 Å². The number of ether oxygens (including phenoxy) is 1. The van der Waals surface area contributed by atoms with E-state index < -0.39 is 6.10 Å². The number of methoxy groups -OCH3 is 1. The van der Waals surface area contributed by atoms with Gasteiger partial charge in [-0.3, -0.25) is 10.1 Å². The Labute approximate surface area is 111 Å². The predicted octanol–water partition coefficient (Wildman–Crippen LogP) is 2.11. The highest BCUT2D eigenvalue weighted by Gasteiger charge is 2.20. The van der Waals surface area contributed by atoms with E-state index in [-0.39, 0.29) is 11.9 Å². The Hall–Kier alpha value is -2.27. The first-order valence-corrected chi connectivity index (χ1v) is 5.88. The van der Waals surface area contributed by atoms with Gasteiger partial charge in [0, 0.05) is 19.5 Å². The first-order chi connectivity index (χ1) is 9.20. The Balaban J connectivity index is 2.11. The number of aryl methyl sites for hydroxylation is 1. The second-order valence-corrected chi connectivity index (χ2v) is 4.10. The van der Waals surface area contributed by atoms with E-state index in [0.29, 0.717) is 0 Å². The molecule has 5 nitrogen and oxygen atoms in total. The monoisotopic (exact) mass is 257 g/mol. The normalized spacial score (nSPS) is 11.9. The van der Waals surface area contributed by atoms with E-state index in [0.717, 1.165) is 11.1 Å². The molecule has 0 saturated carbocycles. The summed E-state index contributed by atoms with van der Waals surface area (Å²) in [5.74, 6) is -0.0221. The molecule has 0 fully saturated rings. The Morgan fingerprint density at radius 2 is 1.84 bits per heavy atom. The smallest absolute Gasteiger partial charge is 0.260 e. The molecule has 1 amide bonds. The summed E-state index contributed by atoms with van der Waals surface area (Å²) in [5, 5.41) is 2.63. The third-order valence-electron chi connectivity index (χ3n) is 2.59. The van der Waals surface area contributed by atoms with Gasteiger partial charge in [0.15, 0.2) is 6.10 Å². The zero-order valence-corrected chi connectivity index (χ0v) is 10.8. The van der Waals surface area contributed by atoms with Crippen molar-refractivity contribution in [3.05, 3.63) is 53.9 Å². The number of benzene rings is 1. The number of aromatic nitrogens is 2. The van der Waals surface area contributed by atoms with Gasteiger partial charge < -0.3 is 4.74 Å². The molecule has 0 radical (unpaired) electrons. The van der Waals surface area contributed by atoms with Crippen molar-refractivity contribution in [1.82, 2.24) is 9.97 Å². The summed E-state index contributed by atoms with van der Waals surface area (Å²) in [4.78, 5) is 20.2. The predicted molar refractivity (Wildman–Crippen MR) is 71.6 cm³/mol. The van der Waals surface area contributed by atoms with Crippen molar-refractivity contribution in [3.8, 4) is 0 Å². The highest BCUT2D eigenvalue weighted by atomic mass is 16.5. The summed E-state index contributed by atoms with van der Waals surface area (Å²) < 4.78 is 5.23. The molecule has 0 aliphatic rings. The number of carbonyl (C=O) groups is 1. The van der Waals surface area contributed by atoms with Crippen LogP contribution in [0, 0.1) is 6.92 Å². The van der Waals surface area contributed by atoms with E-state index in [4.69, 9.17) is 4.74 Å². The summed E-state index contributed by atoms with van der Waals surface area (Å²) in [6.45, 7) is 1.88. The van der Waals surface area contributed by atoms with Crippen molar-refractivity contribution < 1.29 is 9.53 Å². The van der Waals surface area contributed by atoms with Crippen LogP contribution in [-0.2, 0) is 9.53 Å². The molecule has 1 heterocycles. The molecule has 1 atom stereocenters. The molecule has 1 N–H and O–H groups in total. The minimum absolute atomic E-state index is 0.272.